The van der Waals surface area contributed by atoms with Crippen molar-refractivity contribution in [1.82, 2.24) is 9.80 Å². The number of para-hydroxylation sites is 2. The summed E-state index contributed by atoms with van der Waals surface area (Å²) in [6.07, 6.45) is 11.0. The maximum absolute atomic E-state index is 13.4. The first-order chi connectivity index (χ1) is 20.5. The van der Waals surface area contributed by atoms with Crippen LogP contribution >= 0.6 is 0 Å². The van der Waals surface area contributed by atoms with Crippen LogP contribution < -0.4 is 9.80 Å². The zero-order valence-electron chi connectivity index (χ0n) is 24.8. The number of likely N-dealkylation sites (tertiary alicyclic amines) is 1. The van der Waals surface area contributed by atoms with E-state index >= 15 is 0 Å². The lowest BCUT2D eigenvalue weighted by Gasteiger charge is -2.34. The van der Waals surface area contributed by atoms with Gasteiger partial charge in [0.05, 0.1) is 13.1 Å². The standard InChI is InChI=1S/C36H42N4O2/c1-37(32-19-11-5-12-20-32)34(41)27-39(28-35(42)38(2)33-21-13-6-14-22-33)25-29-23-24-40(26-29)36(30-15-7-3-8-16-30)31-17-9-4-10-18-31/h3-17,19-22,29,31,36H,18,23-28H2,1-2H3/t29?,31-,36?/m0/s1. The van der Waals surface area contributed by atoms with Crippen molar-refractivity contribution in [1.29, 1.82) is 0 Å². The van der Waals surface area contributed by atoms with Crippen molar-refractivity contribution < 1.29 is 9.59 Å². The first kappa shape index (κ1) is 29.5. The number of hydrogen-bond acceptors (Lipinski definition) is 4. The summed E-state index contributed by atoms with van der Waals surface area (Å²) in [5, 5.41) is 0. The van der Waals surface area contributed by atoms with Gasteiger partial charge in [-0.3, -0.25) is 19.4 Å². The molecule has 0 radical (unpaired) electrons. The van der Waals surface area contributed by atoms with Crippen molar-refractivity contribution in [2.24, 2.45) is 11.8 Å². The van der Waals surface area contributed by atoms with Crippen LogP contribution in [0.25, 0.3) is 0 Å². The van der Waals surface area contributed by atoms with Crippen molar-refractivity contribution in [3.8, 4) is 0 Å². The fourth-order valence-corrected chi connectivity index (χ4v) is 6.21. The van der Waals surface area contributed by atoms with Gasteiger partial charge < -0.3 is 9.80 Å². The molecular weight excluding hydrogens is 520 g/mol. The molecule has 0 bridgehead atoms. The van der Waals surface area contributed by atoms with Crippen molar-refractivity contribution in [2.75, 3.05) is 56.6 Å². The number of allylic oxidation sites excluding steroid dienone is 3. The number of nitrogens with zero attached hydrogens (tertiary/aromatic N) is 4. The highest BCUT2D eigenvalue weighted by Gasteiger charge is 2.34. The van der Waals surface area contributed by atoms with E-state index in [1.54, 1.807) is 9.80 Å². The number of benzene rings is 3. The van der Waals surface area contributed by atoms with Crippen molar-refractivity contribution >= 4 is 23.2 Å². The molecule has 6 nitrogen and oxygen atoms in total. The minimum atomic E-state index is -0.0208. The molecule has 42 heavy (non-hydrogen) atoms. The molecule has 1 aliphatic heterocycles. The van der Waals surface area contributed by atoms with Gasteiger partial charge in [-0.2, -0.15) is 0 Å². The Balaban J connectivity index is 1.30. The van der Waals surface area contributed by atoms with Crippen LogP contribution in [-0.4, -0.2) is 68.4 Å². The van der Waals surface area contributed by atoms with Crippen LogP contribution in [0, 0.1) is 11.8 Å². The van der Waals surface area contributed by atoms with Gasteiger partial charge in [-0.05, 0) is 55.1 Å². The monoisotopic (exact) mass is 562 g/mol. The van der Waals surface area contributed by atoms with Crippen molar-refractivity contribution in [2.45, 2.75) is 18.9 Å². The third-order valence-corrected chi connectivity index (χ3v) is 8.54. The maximum Gasteiger partial charge on any atom is 0.240 e. The van der Waals surface area contributed by atoms with E-state index in [9.17, 15) is 9.59 Å². The minimum absolute atomic E-state index is 0.0208. The molecule has 0 N–H and O–H groups in total. The average Bonchev–Trinajstić information content (AvgIpc) is 3.49. The summed E-state index contributed by atoms with van der Waals surface area (Å²) in [6.45, 7) is 3.02. The van der Waals surface area contributed by atoms with Gasteiger partial charge in [0.15, 0.2) is 0 Å². The van der Waals surface area contributed by atoms with Crippen LogP contribution in [0.4, 0.5) is 11.4 Å². The molecule has 1 aliphatic carbocycles. The predicted molar refractivity (Wildman–Crippen MR) is 171 cm³/mol. The number of amides is 2. The number of rotatable bonds is 11. The first-order valence-corrected chi connectivity index (χ1v) is 15.0. The second-order valence-electron chi connectivity index (χ2n) is 11.5. The second kappa shape index (κ2) is 14.3. The summed E-state index contributed by atoms with van der Waals surface area (Å²) in [4.78, 5) is 34.9. The molecule has 2 unspecified atom stereocenters. The zero-order chi connectivity index (χ0) is 29.3. The molecule has 1 heterocycles. The van der Waals surface area contributed by atoms with Gasteiger partial charge in [0, 0.05) is 50.5 Å². The Labute approximate surface area is 250 Å². The molecule has 0 spiro atoms. The highest BCUT2D eigenvalue weighted by atomic mass is 16.2. The number of likely N-dealkylation sites (N-methyl/N-ethyl adjacent to an activating group) is 2. The molecule has 0 saturated carbocycles. The molecule has 1 saturated heterocycles. The van der Waals surface area contributed by atoms with Crippen LogP contribution in [-0.2, 0) is 9.59 Å². The van der Waals surface area contributed by atoms with E-state index in [1.165, 1.54) is 5.56 Å². The molecular formula is C36H42N4O2. The van der Waals surface area contributed by atoms with Gasteiger partial charge in [0.2, 0.25) is 11.8 Å². The van der Waals surface area contributed by atoms with E-state index < -0.39 is 0 Å². The second-order valence-corrected chi connectivity index (χ2v) is 11.5. The van der Waals surface area contributed by atoms with Crippen LogP contribution in [0.1, 0.15) is 24.4 Å². The molecule has 2 amide bonds. The van der Waals surface area contributed by atoms with E-state index in [0.717, 1.165) is 37.3 Å². The molecule has 218 valence electrons. The van der Waals surface area contributed by atoms with Gasteiger partial charge in [0.25, 0.3) is 0 Å². The van der Waals surface area contributed by atoms with Crippen LogP contribution in [0.15, 0.2) is 115 Å². The predicted octanol–water partition coefficient (Wildman–Crippen LogP) is 5.81. The third kappa shape index (κ3) is 7.44. The van der Waals surface area contributed by atoms with Gasteiger partial charge in [0.1, 0.15) is 0 Å². The lowest BCUT2D eigenvalue weighted by Crippen LogP contribution is -2.46. The lowest BCUT2D eigenvalue weighted by atomic mass is 9.87. The van der Waals surface area contributed by atoms with Gasteiger partial charge in [-0.25, -0.2) is 0 Å². The Kier molecular flexibility index (Phi) is 10.0. The van der Waals surface area contributed by atoms with Crippen molar-refractivity contribution in [3.63, 3.8) is 0 Å². The molecule has 3 aromatic carbocycles. The quantitative estimate of drug-likeness (QED) is 0.296. The highest BCUT2D eigenvalue weighted by molar-refractivity contribution is 5.96. The van der Waals surface area contributed by atoms with E-state index in [4.69, 9.17) is 0 Å². The number of carbonyl (C=O) groups is 2. The zero-order valence-corrected chi connectivity index (χ0v) is 24.8. The largest absolute Gasteiger partial charge is 0.314 e. The van der Waals surface area contributed by atoms with Crippen LogP contribution in [0.5, 0.6) is 0 Å². The van der Waals surface area contributed by atoms with Gasteiger partial charge in [-0.15, -0.1) is 0 Å². The molecule has 1 fully saturated rings. The SMILES string of the molecule is CN(C(=O)CN(CC(=O)N(C)c1ccccc1)CC1CCN(C(c2ccccc2)[C@H]2C=CC=CC2)C1)c1ccccc1. The number of carbonyl (C=O) groups excluding carboxylic acids is 2. The lowest BCUT2D eigenvalue weighted by molar-refractivity contribution is -0.122. The molecule has 3 atom stereocenters. The average molecular weight is 563 g/mol. The summed E-state index contributed by atoms with van der Waals surface area (Å²) >= 11 is 0. The Morgan fingerprint density at radius 1 is 0.786 bits per heavy atom. The van der Waals surface area contributed by atoms with Crippen molar-refractivity contribution in [3.05, 3.63) is 121 Å². The molecule has 5 rings (SSSR count). The molecule has 0 aromatic heterocycles. The van der Waals surface area contributed by atoms with Gasteiger partial charge >= 0.3 is 0 Å². The van der Waals surface area contributed by atoms with Crippen LogP contribution in [0.2, 0.25) is 0 Å². The van der Waals surface area contributed by atoms with E-state index in [-0.39, 0.29) is 24.9 Å². The maximum atomic E-state index is 13.4. The fraction of sp³-hybridized carbons (Fsp3) is 0.333. The van der Waals surface area contributed by atoms with E-state index in [0.29, 0.717) is 24.4 Å². The summed E-state index contributed by atoms with van der Waals surface area (Å²) in [7, 11) is 3.61. The smallest absolute Gasteiger partial charge is 0.240 e. The Morgan fingerprint density at radius 2 is 1.33 bits per heavy atom. The normalized spacial score (nSPS) is 19.1. The summed E-state index contributed by atoms with van der Waals surface area (Å²) < 4.78 is 0. The van der Waals surface area contributed by atoms with E-state index in [2.05, 4.69) is 64.4 Å². The van der Waals surface area contributed by atoms with Gasteiger partial charge in [-0.1, -0.05) is 91.0 Å². The fourth-order valence-electron chi connectivity index (χ4n) is 6.21. The summed E-state index contributed by atoms with van der Waals surface area (Å²) in [6, 6.07) is 30.5. The molecule has 2 aliphatic rings. The molecule has 6 heteroatoms. The topological polar surface area (TPSA) is 47.1 Å². The Morgan fingerprint density at radius 3 is 1.86 bits per heavy atom. The third-order valence-electron chi connectivity index (χ3n) is 8.54. The number of hydrogen-bond donors (Lipinski definition) is 0. The highest BCUT2D eigenvalue weighted by Crippen LogP contribution is 2.37. The first-order valence-electron chi connectivity index (χ1n) is 15.0. The summed E-state index contributed by atoms with van der Waals surface area (Å²) in [5.74, 6) is 0.749. The van der Waals surface area contributed by atoms with E-state index in [1.807, 2.05) is 74.8 Å². The number of anilines is 2. The Bertz CT molecular complexity index is 1300. The Hall–Kier alpha value is -4.00. The molecule has 3 aromatic rings. The van der Waals surface area contributed by atoms with Crippen LogP contribution in [0.3, 0.4) is 0 Å². The summed E-state index contributed by atoms with van der Waals surface area (Å²) in [5.41, 5.74) is 3.05. The minimum Gasteiger partial charge on any atom is -0.314 e.